The lowest BCUT2D eigenvalue weighted by molar-refractivity contribution is -0.164. The summed E-state index contributed by atoms with van der Waals surface area (Å²) < 4.78 is 30.2. The molecule has 2 heterocycles. The van der Waals surface area contributed by atoms with Gasteiger partial charge in [0.15, 0.2) is 0 Å². The molecule has 578 valence electrons. The van der Waals surface area contributed by atoms with Gasteiger partial charge in [0, 0.05) is 45.8 Å². The first kappa shape index (κ1) is 88.6. The summed E-state index contributed by atoms with van der Waals surface area (Å²) in [5.41, 5.74) is -1.43. The molecular formula is C82H134N4O15S. The zero-order chi connectivity index (χ0) is 77.7. The van der Waals surface area contributed by atoms with Crippen molar-refractivity contribution in [2.75, 3.05) is 30.9 Å². The van der Waals surface area contributed by atoms with Crippen molar-refractivity contribution in [2.45, 2.75) is 299 Å². The van der Waals surface area contributed by atoms with Crippen LogP contribution in [0.25, 0.3) is 6.08 Å². The molecule has 3 aliphatic rings. The van der Waals surface area contributed by atoms with E-state index in [-0.39, 0.29) is 104 Å². The van der Waals surface area contributed by atoms with Crippen LogP contribution in [0.2, 0.25) is 0 Å². The van der Waals surface area contributed by atoms with Gasteiger partial charge in [0.2, 0.25) is 11.8 Å². The quantitative estimate of drug-likeness (QED) is 0.0189. The zero-order valence-electron chi connectivity index (χ0n) is 67.5. The van der Waals surface area contributed by atoms with Crippen LogP contribution in [0.1, 0.15) is 297 Å². The summed E-state index contributed by atoms with van der Waals surface area (Å²) in [5, 5.41) is 25.5. The molecule has 2 amide bonds. The third-order valence-corrected chi connectivity index (χ3v) is 23.9. The van der Waals surface area contributed by atoms with Gasteiger partial charge in [-0.15, -0.1) is 11.8 Å². The van der Waals surface area contributed by atoms with E-state index < -0.39 is 101 Å². The summed E-state index contributed by atoms with van der Waals surface area (Å²) in [4.78, 5) is 122. The van der Waals surface area contributed by atoms with E-state index in [2.05, 4.69) is 119 Å². The maximum absolute atomic E-state index is 16.0. The maximum atomic E-state index is 16.0. The second kappa shape index (κ2) is 36.5. The lowest BCUT2D eigenvalue weighted by atomic mass is 9.59. The highest BCUT2D eigenvalue weighted by Crippen LogP contribution is 2.53. The van der Waals surface area contributed by atoms with Gasteiger partial charge in [0.05, 0.1) is 24.1 Å². The highest BCUT2D eigenvalue weighted by molar-refractivity contribution is 8.00. The number of rotatable bonds is 33. The number of hydrogen-bond donors (Lipinski definition) is 5. The summed E-state index contributed by atoms with van der Waals surface area (Å²) in [6, 6.07) is 0. The highest BCUT2D eigenvalue weighted by Gasteiger charge is 2.52. The van der Waals surface area contributed by atoms with E-state index in [1.165, 1.54) is 6.92 Å². The Morgan fingerprint density at radius 1 is 0.637 bits per heavy atom. The van der Waals surface area contributed by atoms with Crippen LogP contribution < -0.4 is 10.6 Å². The summed E-state index contributed by atoms with van der Waals surface area (Å²) in [7, 11) is 0. The van der Waals surface area contributed by atoms with E-state index in [9.17, 15) is 29.4 Å². The molecule has 1 aromatic rings. The number of amides is 2. The van der Waals surface area contributed by atoms with Gasteiger partial charge in [-0.3, -0.25) is 24.0 Å². The average Bonchev–Trinajstić information content (AvgIpc) is 1.48. The molecule has 0 spiro atoms. The Kier molecular flexibility index (Phi) is 31.7. The van der Waals surface area contributed by atoms with Crippen molar-refractivity contribution >= 4 is 77.1 Å². The lowest BCUT2D eigenvalue weighted by Crippen LogP contribution is -2.50. The smallest absolute Gasteiger partial charge is 0.342 e. The molecule has 1 aromatic heterocycles. The first-order chi connectivity index (χ1) is 47.0. The topological polar surface area (TPSA) is 275 Å². The number of carbonyl (C=O) groups excluding carboxylic acids is 7. The third-order valence-electron chi connectivity index (χ3n) is 22.6. The van der Waals surface area contributed by atoms with Crippen molar-refractivity contribution in [1.82, 2.24) is 10.3 Å². The van der Waals surface area contributed by atoms with Gasteiger partial charge in [-0.2, -0.15) is 0 Å². The molecule has 102 heavy (non-hydrogen) atoms. The number of ether oxygens (including phenoxy) is 5. The summed E-state index contributed by atoms with van der Waals surface area (Å²) in [6.45, 7) is 56.3. The number of nitrogens with zero attached hydrogens (tertiary/aromatic N) is 1. The molecule has 4 rings (SSSR count). The number of nitrogens with one attached hydrogen (secondary N) is 3. The van der Waals surface area contributed by atoms with E-state index >= 15 is 19.2 Å². The number of carbonyl (C=O) groups is 8. The van der Waals surface area contributed by atoms with Crippen LogP contribution in [0.3, 0.4) is 0 Å². The number of aliphatic hydroxyl groups is 1. The van der Waals surface area contributed by atoms with Crippen LogP contribution in [0, 0.1) is 79.3 Å². The summed E-state index contributed by atoms with van der Waals surface area (Å²) in [6.07, 6.45) is 5.96. The number of allylic oxidation sites excluding steroid dienone is 1. The first-order valence-electron chi connectivity index (χ1n) is 38.0. The van der Waals surface area contributed by atoms with Crippen molar-refractivity contribution in [3.8, 4) is 0 Å². The van der Waals surface area contributed by atoms with Gasteiger partial charge in [-0.05, 0) is 173 Å². The van der Waals surface area contributed by atoms with Crippen molar-refractivity contribution in [1.29, 1.82) is 0 Å². The standard InChI is InChI=1S/C82H134N4O15S/c1-28-80(26,27)75(96)97-37-33-35-81(29-2,30-3)73(94)85-67-63(71(92)100-65-53(76(14,15)16)39-50(12)40-54(65)77(17,18)19)61(47(6)7)57(83-67)43-58-62(48(8)9)64(72(93)101-66-55(78(20,21)22)41-51(13)42-56(66)79(23,24)25)68(84-58)86-74(95)82(31-4,32-5)36-34-38-102-59(44-60(88)89)70(91)99-46-52(87)45-98-69(90)49(10)11/h43,47-48,50-56,59,65-66,84,87H,10,28-42,44-46H2,1-9,11-27H3,(H,86,95)(H,88,89)(H,83,85,94). The Labute approximate surface area is 617 Å². The number of hydrogen-bond acceptors (Lipinski definition) is 16. The monoisotopic (exact) mass is 1450 g/mol. The Morgan fingerprint density at radius 2 is 1.09 bits per heavy atom. The molecule has 0 saturated heterocycles. The molecule has 19 nitrogen and oxygen atoms in total. The van der Waals surface area contributed by atoms with Crippen molar-refractivity contribution in [3.63, 3.8) is 0 Å². The normalized spacial score (nSPS) is 22.0. The zero-order valence-corrected chi connectivity index (χ0v) is 68.3. The predicted molar refractivity (Wildman–Crippen MR) is 407 cm³/mol. The molecule has 1 aliphatic heterocycles. The largest absolute Gasteiger partial charge is 0.481 e. The minimum atomic E-state index is -1.36. The number of amidine groups is 1. The first-order valence-corrected chi connectivity index (χ1v) is 39.1. The molecule has 0 radical (unpaired) electrons. The minimum Gasteiger partial charge on any atom is -0.481 e. The fraction of sp³-hybridized carbons (Fsp3) is 0.768. The highest BCUT2D eigenvalue weighted by atomic mass is 32.2. The molecule has 6 atom stereocenters. The minimum absolute atomic E-state index is 0.00564. The number of thioether (sulfide) groups is 1. The van der Waals surface area contributed by atoms with E-state index in [1.807, 2.05) is 76.2 Å². The van der Waals surface area contributed by atoms with Crippen LogP contribution in [-0.2, 0) is 57.2 Å². The maximum Gasteiger partial charge on any atom is 0.342 e. The number of carboxylic acids is 1. The Hall–Kier alpha value is -5.76. The Bertz CT molecular complexity index is 3160. The summed E-state index contributed by atoms with van der Waals surface area (Å²) in [5.74, 6) is -4.75. The molecule has 2 aliphatic carbocycles. The predicted octanol–water partition coefficient (Wildman–Crippen LogP) is 17.6. The van der Waals surface area contributed by atoms with E-state index in [1.54, 1.807) is 6.08 Å². The molecule has 0 aromatic carbocycles. The van der Waals surface area contributed by atoms with Crippen molar-refractivity contribution in [3.05, 3.63) is 45.8 Å². The molecular weight excluding hydrogens is 1310 g/mol. The second-order valence-corrected chi connectivity index (χ2v) is 37.0. The van der Waals surface area contributed by atoms with Crippen LogP contribution in [0.5, 0.6) is 0 Å². The van der Waals surface area contributed by atoms with Gasteiger partial charge in [-0.1, -0.05) is 166 Å². The van der Waals surface area contributed by atoms with Crippen LogP contribution in [-0.4, -0.2) is 118 Å². The Balaban J connectivity index is 2.02. The van der Waals surface area contributed by atoms with Crippen LogP contribution >= 0.6 is 11.8 Å². The number of H-pyrrole nitrogens is 1. The fourth-order valence-corrected chi connectivity index (χ4v) is 16.4. The number of esters is 5. The van der Waals surface area contributed by atoms with Crippen LogP contribution in [0.15, 0.2) is 34.0 Å². The summed E-state index contributed by atoms with van der Waals surface area (Å²) >= 11 is 1.06. The van der Waals surface area contributed by atoms with Gasteiger partial charge in [-0.25, -0.2) is 19.4 Å². The SMILES string of the molecule is C=C(C)C(=O)OCC(O)COC(=O)C(CC(=O)O)SCCCC(CC)(CC)C(=O)Nc1[nH]c(C=C2N=C(NC(=O)C(CC)(CC)CCCOC(=O)C(C)(C)CC)C(C(=O)OC3C(C(C)(C)C)CC(C)CC3C(C)(C)C)=C2C(C)C)c(C(C)C)c1C(=O)OC1C(C(C)(C)C)CC(C)CC1C(C)(C)C. The Morgan fingerprint density at radius 3 is 1.51 bits per heavy atom. The van der Waals surface area contributed by atoms with E-state index in [0.29, 0.717) is 92.2 Å². The average molecular weight is 1450 g/mol. The second-order valence-electron chi connectivity index (χ2n) is 35.7. The number of aliphatic imine (C=N–C) groups is 1. The number of aliphatic hydroxyl groups excluding tert-OH is 1. The van der Waals surface area contributed by atoms with Gasteiger partial charge >= 0.3 is 35.8 Å². The van der Waals surface area contributed by atoms with Gasteiger partial charge in [0.1, 0.15) is 59.6 Å². The third kappa shape index (κ3) is 22.9. The number of aromatic nitrogens is 1. The molecule has 6 unspecified atom stereocenters. The van der Waals surface area contributed by atoms with Crippen LogP contribution in [0.4, 0.5) is 5.82 Å². The number of aromatic amines is 1. The lowest BCUT2D eigenvalue weighted by Gasteiger charge is -2.50. The fourth-order valence-electron chi connectivity index (χ4n) is 15.4. The van der Waals surface area contributed by atoms with Gasteiger partial charge < -0.3 is 49.5 Å². The molecule has 2 saturated carbocycles. The number of anilines is 1. The van der Waals surface area contributed by atoms with Crippen molar-refractivity contribution in [2.24, 2.45) is 84.3 Å². The molecule has 5 N–H and O–H groups in total. The molecule has 2 fully saturated rings. The van der Waals surface area contributed by atoms with Crippen molar-refractivity contribution < 1.29 is 72.3 Å². The molecule has 20 heteroatoms. The number of carboxylic acid groups (broad SMARTS) is 1. The number of aliphatic carboxylic acids is 1. The van der Waals surface area contributed by atoms with E-state index in [4.69, 9.17) is 28.7 Å². The van der Waals surface area contributed by atoms with E-state index in [0.717, 1.165) is 37.4 Å². The van der Waals surface area contributed by atoms with Gasteiger partial charge in [0.25, 0.3) is 0 Å². The molecule has 0 bridgehead atoms.